The number of hydrogen-bond acceptors (Lipinski definition) is 4. The van der Waals surface area contributed by atoms with Gasteiger partial charge in [0.25, 0.3) is 5.56 Å². The van der Waals surface area contributed by atoms with E-state index in [1.807, 2.05) is 17.8 Å². The molecule has 21 heavy (non-hydrogen) atoms. The Bertz CT molecular complexity index is 689. The van der Waals surface area contributed by atoms with E-state index >= 15 is 0 Å². The molecule has 0 unspecified atom stereocenters. The lowest BCUT2D eigenvalue weighted by molar-refractivity contribution is 0.532. The summed E-state index contributed by atoms with van der Waals surface area (Å²) < 4.78 is 3.96. The maximum atomic E-state index is 12.2. The van der Waals surface area contributed by atoms with Crippen LogP contribution in [0.3, 0.4) is 0 Å². The van der Waals surface area contributed by atoms with Gasteiger partial charge in [-0.1, -0.05) is 0 Å². The number of anilines is 1. The first-order chi connectivity index (χ1) is 10.1. The van der Waals surface area contributed by atoms with E-state index in [-0.39, 0.29) is 5.56 Å². The monoisotopic (exact) mass is 351 g/mol. The second-order valence-electron chi connectivity index (χ2n) is 5.43. The van der Waals surface area contributed by atoms with Crippen LogP contribution in [-0.2, 0) is 20.0 Å². The number of halogens is 1. The summed E-state index contributed by atoms with van der Waals surface area (Å²) in [5, 5.41) is 11.6. The highest BCUT2D eigenvalue weighted by Gasteiger charge is 2.23. The third kappa shape index (κ3) is 3.34. The molecule has 7 heteroatoms. The minimum Gasteiger partial charge on any atom is -0.382 e. The van der Waals surface area contributed by atoms with Gasteiger partial charge in [0.15, 0.2) is 0 Å². The van der Waals surface area contributed by atoms with Gasteiger partial charge in [0.05, 0.1) is 11.9 Å². The molecule has 6 nitrogen and oxygen atoms in total. The smallest absolute Gasteiger partial charge is 0.283 e. The number of aryl methyl sites for hydroxylation is 1. The maximum absolute atomic E-state index is 12.2. The van der Waals surface area contributed by atoms with Crippen molar-refractivity contribution in [3.8, 4) is 0 Å². The fraction of sp³-hybridized carbons (Fsp3) is 0.500. The fourth-order valence-electron chi connectivity index (χ4n) is 2.24. The quantitative estimate of drug-likeness (QED) is 0.861. The molecule has 112 valence electrons. The van der Waals surface area contributed by atoms with Crippen LogP contribution in [0.15, 0.2) is 27.7 Å². The average Bonchev–Trinajstić information content (AvgIpc) is 3.20. The molecule has 1 saturated carbocycles. The van der Waals surface area contributed by atoms with Crippen LogP contribution in [0.5, 0.6) is 0 Å². The number of nitrogens with zero attached hydrogens (tertiary/aromatic N) is 4. The lowest BCUT2D eigenvalue weighted by atomic mass is 10.3. The number of hydrogen-bond donors (Lipinski definition) is 1. The van der Waals surface area contributed by atoms with Crippen LogP contribution in [-0.4, -0.2) is 26.1 Å². The molecule has 1 N–H and O–H groups in total. The van der Waals surface area contributed by atoms with Crippen LogP contribution in [0.4, 0.5) is 5.69 Å². The third-order valence-corrected chi connectivity index (χ3v) is 4.50. The van der Waals surface area contributed by atoms with Crippen molar-refractivity contribution in [2.45, 2.75) is 25.8 Å². The van der Waals surface area contributed by atoms with Gasteiger partial charge in [-0.2, -0.15) is 10.2 Å². The summed E-state index contributed by atoms with van der Waals surface area (Å²) in [5.74, 6) is 0.630. The Morgan fingerprint density at radius 3 is 2.90 bits per heavy atom. The van der Waals surface area contributed by atoms with Crippen molar-refractivity contribution in [2.24, 2.45) is 13.0 Å². The molecule has 2 aromatic heterocycles. The van der Waals surface area contributed by atoms with E-state index < -0.39 is 0 Å². The molecular weight excluding hydrogens is 334 g/mol. The van der Waals surface area contributed by atoms with Crippen LogP contribution >= 0.6 is 15.9 Å². The number of rotatable bonds is 6. The van der Waals surface area contributed by atoms with Gasteiger partial charge in [-0.3, -0.25) is 9.48 Å². The number of nitrogens with one attached hydrogen (secondary N) is 1. The van der Waals surface area contributed by atoms with Crippen LogP contribution in [0.2, 0.25) is 0 Å². The van der Waals surface area contributed by atoms with E-state index in [0.29, 0.717) is 10.4 Å². The van der Waals surface area contributed by atoms with E-state index in [9.17, 15) is 4.79 Å². The Morgan fingerprint density at radius 2 is 2.24 bits per heavy atom. The SMILES string of the molecule is Cn1nccc1CCNc1cnn(CC2CC2)c(=O)c1Br. The van der Waals surface area contributed by atoms with E-state index in [1.54, 1.807) is 17.1 Å². The van der Waals surface area contributed by atoms with Gasteiger partial charge < -0.3 is 5.32 Å². The molecule has 0 saturated heterocycles. The largest absolute Gasteiger partial charge is 0.382 e. The lowest BCUT2D eigenvalue weighted by Crippen LogP contribution is -2.25. The first-order valence-corrected chi connectivity index (χ1v) is 7.91. The summed E-state index contributed by atoms with van der Waals surface area (Å²) in [4.78, 5) is 12.2. The molecule has 0 bridgehead atoms. The predicted molar refractivity (Wildman–Crippen MR) is 84.3 cm³/mol. The standard InChI is InChI=1S/C14H18BrN5O/c1-19-11(5-7-17-19)4-6-16-12-8-18-20(9-10-2-3-10)14(21)13(12)15/h5,7-8,10,16H,2-4,6,9H2,1H3. The fourth-order valence-corrected chi connectivity index (χ4v) is 2.68. The van der Waals surface area contributed by atoms with Gasteiger partial charge in [-0.25, -0.2) is 4.68 Å². The molecule has 2 aromatic rings. The summed E-state index contributed by atoms with van der Waals surface area (Å²) in [6.45, 7) is 1.46. The zero-order chi connectivity index (χ0) is 14.8. The Balaban J connectivity index is 1.64. The zero-order valence-electron chi connectivity index (χ0n) is 11.9. The van der Waals surface area contributed by atoms with Crippen LogP contribution in [0.25, 0.3) is 0 Å². The van der Waals surface area contributed by atoms with E-state index in [1.165, 1.54) is 12.8 Å². The minimum absolute atomic E-state index is 0.0626. The van der Waals surface area contributed by atoms with E-state index in [2.05, 4.69) is 31.4 Å². The third-order valence-electron chi connectivity index (χ3n) is 3.73. The van der Waals surface area contributed by atoms with Crippen molar-refractivity contribution in [2.75, 3.05) is 11.9 Å². The van der Waals surface area contributed by atoms with Crippen LogP contribution in [0.1, 0.15) is 18.5 Å². The summed E-state index contributed by atoms with van der Waals surface area (Å²) in [7, 11) is 1.92. The van der Waals surface area contributed by atoms with Crippen molar-refractivity contribution in [1.82, 2.24) is 19.6 Å². The van der Waals surface area contributed by atoms with Crippen LogP contribution in [0, 0.1) is 5.92 Å². The normalized spacial score (nSPS) is 14.4. The second kappa shape index (κ2) is 6.01. The van der Waals surface area contributed by atoms with Crippen molar-refractivity contribution < 1.29 is 0 Å². The topological polar surface area (TPSA) is 64.7 Å². The Hall–Kier alpha value is -1.63. The highest BCUT2D eigenvalue weighted by molar-refractivity contribution is 9.10. The molecule has 0 aromatic carbocycles. The van der Waals surface area contributed by atoms with Gasteiger partial charge >= 0.3 is 0 Å². The van der Waals surface area contributed by atoms with Crippen molar-refractivity contribution in [1.29, 1.82) is 0 Å². The molecule has 1 aliphatic rings. The highest BCUT2D eigenvalue weighted by atomic mass is 79.9. The molecule has 1 fully saturated rings. The Kier molecular flexibility index (Phi) is 4.10. The highest BCUT2D eigenvalue weighted by Crippen LogP contribution is 2.30. The van der Waals surface area contributed by atoms with Gasteiger partial charge in [-0.05, 0) is 40.8 Å². The molecule has 0 aliphatic heterocycles. The first-order valence-electron chi connectivity index (χ1n) is 7.11. The van der Waals surface area contributed by atoms with Crippen molar-refractivity contribution >= 4 is 21.6 Å². The number of aromatic nitrogens is 4. The molecule has 0 amide bonds. The summed E-state index contributed by atoms with van der Waals surface area (Å²) in [6.07, 6.45) is 6.75. The van der Waals surface area contributed by atoms with E-state index in [4.69, 9.17) is 0 Å². The second-order valence-corrected chi connectivity index (χ2v) is 6.22. The maximum Gasteiger partial charge on any atom is 0.283 e. The van der Waals surface area contributed by atoms with Crippen molar-refractivity contribution in [3.05, 3.63) is 39.0 Å². The summed E-state index contributed by atoms with van der Waals surface area (Å²) >= 11 is 3.38. The molecule has 0 atom stereocenters. The van der Waals surface area contributed by atoms with Gasteiger partial charge in [0.2, 0.25) is 0 Å². The lowest BCUT2D eigenvalue weighted by Gasteiger charge is -2.10. The minimum atomic E-state index is -0.0626. The molecule has 3 rings (SSSR count). The Morgan fingerprint density at radius 1 is 1.43 bits per heavy atom. The molecule has 0 spiro atoms. The predicted octanol–water partition coefficient (Wildman–Crippen LogP) is 1.80. The summed E-state index contributed by atoms with van der Waals surface area (Å²) in [5.41, 5.74) is 1.83. The van der Waals surface area contributed by atoms with E-state index in [0.717, 1.165) is 30.9 Å². The first kappa shape index (κ1) is 14.3. The zero-order valence-corrected chi connectivity index (χ0v) is 13.5. The van der Waals surface area contributed by atoms with Crippen molar-refractivity contribution in [3.63, 3.8) is 0 Å². The average molecular weight is 352 g/mol. The Labute approximate surface area is 131 Å². The van der Waals surface area contributed by atoms with Gasteiger partial charge in [-0.15, -0.1) is 0 Å². The van der Waals surface area contributed by atoms with Gasteiger partial charge in [0, 0.05) is 38.4 Å². The molecule has 1 aliphatic carbocycles. The molecular formula is C14H18BrN5O. The molecule has 2 heterocycles. The van der Waals surface area contributed by atoms with Gasteiger partial charge in [0.1, 0.15) is 4.47 Å². The molecule has 0 radical (unpaired) electrons. The van der Waals surface area contributed by atoms with Crippen LogP contribution < -0.4 is 10.9 Å². The summed E-state index contributed by atoms with van der Waals surface area (Å²) in [6, 6.07) is 1.99.